The zero-order valence-corrected chi connectivity index (χ0v) is 13.5. The van der Waals surface area contributed by atoms with E-state index in [1.165, 1.54) is 0 Å². The van der Waals surface area contributed by atoms with Gasteiger partial charge in [-0.05, 0) is 43.4 Å². The monoisotopic (exact) mass is 292 g/mol. The molecule has 0 saturated heterocycles. The number of carbonyl (C=O) groups is 1. The third kappa shape index (κ3) is 5.48. The highest BCUT2D eigenvalue weighted by Crippen LogP contribution is 2.12. The van der Waals surface area contributed by atoms with Crippen molar-refractivity contribution in [3.05, 3.63) is 35.4 Å². The van der Waals surface area contributed by atoms with Crippen molar-refractivity contribution < 1.29 is 9.90 Å². The van der Waals surface area contributed by atoms with Crippen LogP contribution in [0.4, 0.5) is 0 Å². The second kappa shape index (κ2) is 9.53. The molecule has 1 aromatic carbocycles. The third-order valence-electron chi connectivity index (χ3n) is 3.61. The fraction of sp³-hybridized carbons (Fsp3) is 0.588. The minimum atomic E-state index is 0.0364. The number of amides is 1. The van der Waals surface area contributed by atoms with Crippen molar-refractivity contribution in [1.82, 2.24) is 10.0 Å². The van der Waals surface area contributed by atoms with Gasteiger partial charge in [-0.15, -0.1) is 0 Å². The maximum atomic E-state index is 12.5. The molecule has 0 radical (unpaired) electrons. The molecule has 21 heavy (non-hydrogen) atoms. The number of carbonyl (C=O) groups excluding carboxylic acids is 1. The van der Waals surface area contributed by atoms with Crippen LogP contribution < -0.4 is 0 Å². The first kappa shape index (κ1) is 17.7. The van der Waals surface area contributed by atoms with Crippen molar-refractivity contribution in [2.45, 2.75) is 39.5 Å². The summed E-state index contributed by atoms with van der Waals surface area (Å²) < 4.78 is 0. The molecule has 1 N–H and O–H groups in total. The summed E-state index contributed by atoms with van der Waals surface area (Å²) in [6.07, 6.45) is 3.67. The molecule has 0 aromatic heterocycles. The highest BCUT2D eigenvalue weighted by Gasteiger charge is 2.17. The van der Waals surface area contributed by atoms with E-state index in [9.17, 15) is 4.79 Å². The zero-order valence-electron chi connectivity index (χ0n) is 13.5. The quantitative estimate of drug-likeness (QED) is 0.562. The molecule has 0 bridgehead atoms. The molecule has 118 valence electrons. The van der Waals surface area contributed by atoms with E-state index in [0.29, 0.717) is 0 Å². The number of aliphatic hydroxyl groups excluding tert-OH is 1. The van der Waals surface area contributed by atoms with E-state index in [2.05, 4.69) is 18.9 Å². The number of benzene rings is 1. The van der Waals surface area contributed by atoms with Gasteiger partial charge in [0, 0.05) is 32.3 Å². The average molecular weight is 292 g/mol. The van der Waals surface area contributed by atoms with Crippen molar-refractivity contribution in [1.29, 1.82) is 0 Å². The topological polar surface area (TPSA) is 43.8 Å². The van der Waals surface area contributed by atoms with Crippen LogP contribution in [0.25, 0.3) is 0 Å². The molecule has 1 amide bonds. The number of rotatable bonds is 9. The van der Waals surface area contributed by atoms with E-state index < -0.39 is 0 Å². The lowest BCUT2D eigenvalue weighted by Gasteiger charge is -2.30. The Hall–Kier alpha value is -1.39. The smallest absolute Gasteiger partial charge is 0.267 e. The van der Waals surface area contributed by atoms with Crippen LogP contribution in [0.15, 0.2) is 24.3 Å². The number of hydrazine groups is 1. The number of aliphatic hydroxyl groups is 1. The van der Waals surface area contributed by atoms with E-state index in [1.807, 2.05) is 31.3 Å². The minimum absolute atomic E-state index is 0.0364. The minimum Gasteiger partial charge on any atom is -0.396 e. The highest BCUT2D eigenvalue weighted by atomic mass is 16.2. The summed E-state index contributed by atoms with van der Waals surface area (Å²) in [5, 5.41) is 12.6. The number of unbranched alkanes of at least 4 members (excludes halogenated alkanes) is 1. The Bertz CT molecular complexity index is 435. The summed E-state index contributed by atoms with van der Waals surface area (Å²) in [4.78, 5) is 12.5. The van der Waals surface area contributed by atoms with Gasteiger partial charge < -0.3 is 5.11 Å². The summed E-state index contributed by atoms with van der Waals surface area (Å²) in [5.74, 6) is 0.0364. The van der Waals surface area contributed by atoms with E-state index in [1.54, 1.807) is 5.01 Å². The molecule has 0 aliphatic carbocycles. The molecule has 4 nitrogen and oxygen atoms in total. The lowest BCUT2D eigenvalue weighted by atomic mass is 10.0. The fourth-order valence-electron chi connectivity index (χ4n) is 2.39. The van der Waals surface area contributed by atoms with Gasteiger partial charge in [0.05, 0.1) is 0 Å². The third-order valence-corrected chi connectivity index (χ3v) is 3.61. The van der Waals surface area contributed by atoms with Gasteiger partial charge in [0.15, 0.2) is 0 Å². The van der Waals surface area contributed by atoms with Crippen molar-refractivity contribution in [3.8, 4) is 0 Å². The van der Waals surface area contributed by atoms with Crippen LogP contribution in [-0.2, 0) is 6.42 Å². The normalized spacial score (nSPS) is 10.9. The van der Waals surface area contributed by atoms with Crippen LogP contribution in [0.5, 0.6) is 0 Å². The number of hydrogen-bond donors (Lipinski definition) is 1. The van der Waals surface area contributed by atoms with Crippen LogP contribution in [0.1, 0.15) is 49.0 Å². The lowest BCUT2D eigenvalue weighted by Crippen LogP contribution is -2.44. The van der Waals surface area contributed by atoms with Crippen LogP contribution in [0.2, 0.25) is 0 Å². The Morgan fingerprint density at radius 1 is 1.24 bits per heavy atom. The van der Waals surface area contributed by atoms with Crippen LogP contribution >= 0.6 is 0 Å². The fourth-order valence-corrected chi connectivity index (χ4v) is 2.39. The Morgan fingerprint density at radius 3 is 2.62 bits per heavy atom. The largest absolute Gasteiger partial charge is 0.396 e. The second-order valence-corrected chi connectivity index (χ2v) is 5.26. The molecule has 4 heteroatoms. The van der Waals surface area contributed by atoms with Gasteiger partial charge in [-0.2, -0.15) is 0 Å². The van der Waals surface area contributed by atoms with Crippen molar-refractivity contribution in [2.75, 3.05) is 26.7 Å². The summed E-state index contributed by atoms with van der Waals surface area (Å²) in [7, 11) is 1.83. The first-order chi connectivity index (χ1) is 10.1. The van der Waals surface area contributed by atoms with E-state index in [0.717, 1.165) is 49.9 Å². The Balaban J connectivity index is 2.74. The van der Waals surface area contributed by atoms with Gasteiger partial charge in [-0.1, -0.05) is 26.0 Å². The molecule has 0 atom stereocenters. The van der Waals surface area contributed by atoms with E-state index in [4.69, 9.17) is 5.11 Å². The van der Waals surface area contributed by atoms with Gasteiger partial charge >= 0.3 is 0 Å². The predicted molar refractivity (Wildman–Crippen MR) is 86.1 cm³/mol. The van der Waals surface area contributed by atoms with Crippen LogP contribution in [0, 0.1) is 0 Å². The van der Waals surface area contributed by atoms with Crippen molar-refractivity contribution >= 4 is 5.91 Å². The van der Waals surface area contributed by atoms with Gasteiger partial charge in [0.1, 0.15) is 0 Å². The second-order valence-electron chi connectivity index (χ2n) is 5.26. The van der Waals surface area contributed by atoms with E-state index >= 15 is 0 Å². The number of nitrogens with zero attached hydrogens (tertiary/aromatic N) is 2. The summed E-state index contributed by atoms with van der Waals surface area (Å²) in [6.45, 7) is 6.11. The zero-order chi connectivity index (χ0) is 15.7. The maximum absolute atomic E-state index is 12.5. The molecule has 0 fully saturated rings. The van der Waals surface area contributed by atoms with Gasteiger partial charge in [0.2, 0.25) is 0 Å². The van der Waals surface area contributed by atoms with Crippen LogP contribution in [-0.4, -0.2) is 47.8 Å². The molecule has 1 rings (SSSR count). The van der Waals surface area contributed by atoms with Gasteiger partial charge in [-0.25, -0.2) is 5.01 Å². The molecule has 0 saturated carbocycles. The molecule has 0 unspecified atom stereocenters. The molecular weight excluding hydrogens is 264 g/mol. The maximum Gasteiger partial charge on any atom is 0.267 e. The van der Waals surface area contributed by atoms with Crippen molar-refractivity contribution in [3.63, 3.8) is 0 Å². The standard InChI is InChI=1S/C17H28N2O2/c1-4-12-19(5-2)18(3)17(21)16-11-8-10-15(14-16)9-6-7-13-20/h8,10-11,14,20H,4-7,9,12-13H2,1-3H3. The lowest BCUT2D eigenvalue weighted by molar-refractivity contribution is 0.00876. The summed E-state index contributed by atoms with van der Waals surface area (Å²) in [6, 6.07) is 7.81. The molecule has 0 heterocycles. The number of aryl methyl sites for hydroxylation is 1. The van der Waals surface area contributed by atoms with Crippen LogP contribution in [0.3, 0.4) is 0 Å². The average Bonchev–Trinajstić information content (AvgIpc) is 2.52. The first-order valence-electron chi connectivity index (χ1n) is 7.86. The molecule has 0 spiro atoms. The molecule has 1 aromatic rings. The Labute approximate surface area is 128 Å². The Kier molecular flexibility index (Phi) is 8.01. The summed E-state index contributed by atoms with van der Waals surface area (Å²) in [5.41, 5.74) is 1.88. The number of hydrogen-bond acceptors (Lipinski definition) is 3. The molecule has 0 aliphatic heterocycles. The Morgan fingerprint density at radius 2 is 2.00 bits per heavy atom. The van der Waals surface area contributed by atoms with Gasteiger partial charge in [-0.3, -0.25) is 9.80 Å². The van der Waals surface area contributed by atoms with Crippen molar-refractivity contribution in [2.24, 2.45) is 0 Å². The first-order valence-corrected chi connectivity index (χ1v) is 7.86. The summed E-state index contributed by atoms with van der Waals surface area (Å²) >= 11 is 0. The molecular formula is C17H28N2O2. The van der Waals surface area contributed by atoms with E-state index in [-0.39, 0.29) is 12.5 Å². The predicted octanol–water partition coefficient (Wildman–Crippen LogP) is 2.72. The molecule has 0 aliphatic rings. The highest BCUT2D eigenvalue weighted by molar-refractivity contribution is 5.93. The van der Waals surface area contributed by atoms with Gasteiger partial charge in [0.25, 0.3) is 5.91 Å². The SMILES string of the molecule is CCCN(CC)N(C)C(=O)c1cccc(CCCCO)c1.